The fourth-order valence-corrected chi connectivity index (χ4v) is 1.13. The molecule has 2 heteroatoms. The average molecular weight is 173 g/mol. The third-order valence-corrected chi connectivity index (χ3v) is 1.72. The molecule has 0 bridgehead atoms. The van der Waals surface area contributed by atoms with Crippen molar-refractivity contribution in [3.8, 4) is 0 Å². The van der Waals surface area contributed by atoms with Gasteiger partial charge in [0.1, 0.15) is 5.71 Å². The van der Waals surface area contributed by atoms with Crippen LogP contribution in [-0.4, -0.2) is 12.0 Å². The smallest absolute Gasteiger partial charge is 0.168 e. The molecule has 0 aromatic heterocycles. The zero-order valence-electron chi connectivity index (χ0n) is 7.45. The molecule has 0 unspecified atom stereocenters. The minimum atomic E-state index is 0.0219. The lowest BCUT2D eigenvalue weighted by atomic mass is 10.0. The Labute approximate surface area is 77.4 Å². The van der Waals surface area contributed by atoms with Crippen molar-refractivity contribution < 1.29 is 4.79 Å². The number of hydrogen-bond acceptors (Lipinski definition) is 2. The van der Waals surface area contributed by atoms with E-state index >= 15 is 0 Å². The maximum Gasteiger partial charge on any atom is 0.168 e. The molecule has 0 saturated carbocycles. The molecule has 1 rings (SSSR count). The van der Waals surface area contributed by atoms with Crippen LogP contribution in [0.3, 0.4) is 0 Å². The molecular weight excluding hydrogens is 162 g/mol. The summed E-state index contributed by atoms with van der Waals surface area (Å²) in [5.74, 6) is 0. The first-order valence-corrected chi connectivity index (χ1v) is 4.05. The van der Waals surface area contributed by atoms with E-state index in [0.29, 0.717) is 11.8 Å². The number of carbonyl (C=O) groups excluding carboxylic acids is 1. The molecule has 0 heterocycles. The van der Waals surface area contributed by atoms with Crippen LogP contribution in [0.5, 0.6) is 0 Å². The highest BCUT2D eigenvalue weighted by Gasteiger charge is 2.02. The second-order valence-corrected chi connectivity index (χ2v) is 2.62. The third-order valence-electron chi connectivity index (χ3n) is 1.72. The Morgan fingerprint density at radius 2 is 2.08 bits per heavy atom. The predicted molar refractivity (Wildman–Crippen MR) is 54.0 cm³/mol. The van der Waals surface area contributed by atoms with Crippen LogP contribution >= 0.6 is 0 Å². The summed E-state index contributed by atoms with van der Waals surface area (Å²) in [7, 11) is 0. The van der Waals surface area contributed by atoms with Crippen molar-refractivity contribution in [3.05, 3.63) is 41.5 Å². The predicted octanol–water partition coefficient (Wildman–Crippen LogP) is 2.29. The van der Waals surface area contributed by atoms with E-state index in [1.54, 1.807) is 6.07 Å². The van der Waals surface area contributed by atoms with E-state index in [4.69, 9.17) is 5.41 Å². The summed E-state index contributed by atoms with van der Waals surface area (Å²) in [5.41, 5.74) is 1.60. The van der Waals surface area contributed by atoms with E-state index < -0.39 is 0 Å². The highest BCUT2D eigenvalue weighted by Crippen LogP contribution is 2.10. The Kier molecular flexibility index (Phi) is 3.15. The molecule has 0 spiro atoms. The van der Waals surface area contributed by atoms with Gasteiger partial charge in [0.2, 0.25) is 0 Å². The van der Waals surface area contributed by atoms with E-state index in [-0.39, 0.29) is 5.71 Å². The number of nitrogens with one attached hydrogen (secondary N) is 1. The summed E-state index contributed by atoms with van der Waals surface area (Å²) in [6.07, 6.45) is 4.33. The molecule has 0 radical (unpaired) electrons. The van der Waals surface area contributed by atoms with Gasteiger partial charge >= 0.3 is 0 Å². The third kappa shape index (κ3) is 2.12. The van der Waals surface area contributed by atoms with Crippen LogP contribution in [0.4, 0.5) is 0 Å². The van der Waals surface area contributed by atoms with Gasteiger partial charge in [0.25, 0.3) is 0 Å². The highest BCUT2D eigenvalue weighted by atomic mass is 16.1. The van der Waals surface area contributed by atoms with Gasteiger partial charge in [0.05, 0.1) is 0 Å². The first kappa shape index (κ1) is 9.39. The van der Waals surface area contributed by atoms with Gasteiger partial charge in [-0.15, -0.1) is 0 Å². The van der Waals surface area contributed by atoms with Crippen LogP contribution in [0.15, 0.2) is 30.3 Å². The maximum atomic E-state index is 10.4. The van der Waals surface area contributed by atoms with E-state index in [0.717, 1.165) is 5.56 Å². The summed E-state index contributed by atoms with van der Waals surface area (Å²) < 4.78 is 0. The van der Waals surface area contributed by atoms with Crippen molar-refractivity contribution in [1.82, 2.24) is 0 Å². The SMILES string of the molecule is C/C=C/c1ccccc1C(=N)C=O. The summed E-state index contributed by atoms with van der Waals surface area (Å²) in [6.45, 7) is 1.90. The van der Waals surface area contributed by atoms with Gasteiger partial charge in [-0.2, -0.15) is 0 Å². The van der Waals surface area contributed by atoms with Gasteiger partial charge in [0, 0.05) is 5.56 Å². The van der Waals surface area contributed by atoms with E-state index in [1.165, 1.54) is 0 Å². The van der Waals surface area contributed by atoms with Crippen LogP contribution in [0.2, 0.25) is 0 Å². The summed E-state index contributed by atoms with van der Waals surface area (Å²) in [5, 5.41) is 7.40. The quantitative estimate of drug-likeness (QED) is 0.553. The Morgan fingerprint density at radius 3 is 2.69 bits per heavy atom. The van der Waals surface area contributed by atoms with E-state index in [9.17, 15) is 4.79 Å². The molecule has 66 valence electrons. The number of allylic oxidation sites excluding steroid dienone is 1. The molecule has 0 aliphatic heterocycles. The molecule has 1 aromatic carbocycles. The normalized spacial score (nSPS) is 10.2. The molecule has 0 amide bonds. The van der Waals surface area contributed by atoms with Gasteiger partial charge in [-0.05, 0) is 12.5 Å². The number of carbonyl (C=O) groups is 1. The topological polar surface area (TPSA) is 40.9 Å². The zero-order chi connectivity index (χ0) is 9.68. The number of hydrogen-bond donors (Lipinski definition) is 1. The molecule has 2 nitrogen and oxygen atoms in total. The van der Waals surface area contributed by atoms with Crippen molar-refractivity contribution in [1.29, 1.82) is 5.41 Å². The molecule has 0 atom stereocenters. The van der Waals surface area contributed by atoms with Gasteiger partial charge in [-0.3, -0.25) is 10.2 Å². The summed E-state index contributed by atoms with van der Waals surface area (Å²) >= 11 is 0. The van der Waals surface area contributed by atoms with Crippen molar-refractivity contribution in [3.63, 3.8) is 0 Å². The second kappa shape index (κ2) is 4.36. The highest BCUT2D eigenvalue weighted by molar-refractivity contribution is 6.35. The van der Waals surface area contributed by atoms with Crippen molar-refractivity contribution in [2.45, 2.75) is 6.92 Å². The second-order valence-electron chi connectivity index (χ2n) is 2.62. The lowest BCUT2D eigenvalue weighted by molar-refractivity contribution is -0.102. The van der Waals surface area contributed by atoms with Crippen molar-refractivity contribution in [2.24, 2.45) is 0 Å². The summed E-state index contributed by atoms with van der Waals surface area (Å²) in [4.78, 5) is 10.4. The Morgan fingerprint density at radius 1 is 1.38 bits per heavy atom. The van der Waals surface area contributed by atoms with Crippen LogP contribution in [0, 0.1) is 5.41 Å². The average Bonchev–Trinajstić information content (AvgIpc) is 2.18. The molecule has 0 saturated heterocycles. The Balaban J connectivity index is 3.18. The van der Waals surface area contributed by atoms with E-state index in [1.807, 2.05) is 37.3 Å². The monoisotopic (exact) mass is 173 g/mol. The van der Waals surface area contributed by atoms with Crippen LogP contribution in [0.25, 0.3) is 6.08 Å². The first-order valence-electron chi connectivity index (χ1n) is 4.05. The van der Waals surface area contributed by atoms with Crippen LogP contribution in [-0.2, 0) is 4.79 Å². The minimum absolute atomic E-state index is 0.0219. The summed E-state index contributed by atoms with van der Waals surface area (Å²) in [6, 6.07) is 7.36. The fourth-order valence-electron chi connectivity index (χ4n) is 1.13. The lowest BCUT2D eigenvalue weighted by Gasteiger charge is -2.01. The largest absolute Gasteiger partial charge is 0.297 e. The molecule has 1 aromatic rings. The number of aldehydes is 1. The van der Waals surface area contributed by atoms with Gasteiger partial charge in [-0.1, -0.05) is 36.4 Å². The van der Waals surface area contributed by atoms with Gasteiger partial charge in [-0.25, -0.2) is 0 Å². The van der Waals surface area contributed by atoms with Gasteiger partial charge in [0.15, 0.2) is 6.29 Å². The van der Waals surface area contributed by atoms with Gasteiger partial charge < -0.3 is 0 Å². The standard InChI is InChI=1S/C11H11NO/c1-2-5-9-6-3-4-7-10(9)11(12)8-13/h2-8,12H,1H3/b5-2+,12-11?. The molecule has 1 N–H and O–H groups in total. The fraction of sp³-hybridized carbons (Fsp3) is 0.0909. The zero-order valence-corrected chi connectivity index (χ0v) is 7.45. The molecule has 13 heavy (non-hydrogen) atoms. The number of rotatable bonds is 3. The van der Waals surface area contributed by atoms with Crippen molar-refractivity contribution >= 4 is 18.1 Å². The molecule has 0 aliphatic rings. The van der Waals surface area contributed by atoms with Crippen LogP contribution in [0.1, 0.15) is 18.1 Å². The maximum absolute atomic E-state index is 10.4. The minimum Gasteiger partial charge on any atom is -0.297 e. The Bertz CT molecular complexity index is 353. The van der Waals surface area contributed by atoms with Crippen molar-refractivity contribution in [2.75, 3.05) is 0 Å². The molecule has 0 fully saturated rings. The first-order chi connectivity index (χ1) is 6.29. The lowest BCUT2D eigenvalue weighted by Crippen LogP contribution is -2.01. The number of benzene rings is 1. The molecule has 0 aliphatic carbocycles. The van der Waals surface area contributed by atoms with E-state index in [2.05, 4.69) is 0 Å². The van der Waals surface area contributed by atoms with Crippen LogP contribution < -0.4 is 0 Å². The Hall–Kier alpha value is -1.70. The molecular formula is C11H11NO.